The number of hydrogen-bond donors (Lipinski definition) is 1. The number of nitro benzene ring substituents is 1. The monoisotopic (exact) mass is 292 g/mol. The number of nitrogens with zero attached hydrogens (tertiary/aromatic N) is 2. The van der Waals surface area contributed by atoms with E-state index in [0.717, 1.165) is 5.56 Å². The first-order valence-corrected chi connectivity index (χ1v) is 7.11. The second-order valence-corrected chi connectivity index (χ2v) is 5.69. The zero-order chi connectivity index (χ0) is 15.6. The Bertz CT molecular complexity index is 560. The fourth-order valence-corrected chi connectivity index (χ4v) is 2.96. The number of nitro groups is 1. The summed E-state index contributed by atoms with van der Waals surface area (Å²) in [5, 5.41) is 20.3. The van der Waals surface area contributed by atoms with Crippen LogP contribution in [0.1, 0.15) is 38.3 Å². The highest BCUT2D eigenvalue weighted by Crippen LogP contribution is 2.38. The van der Waals surface area contributed by atoms with E-state index in [1.165, 1.54) is 6.07 Å². The number of benzene rings is 1. The van der Waals surface area contributed by atoms with Crippen LogP contribution >= 0.6 is 0 Å². The summed E-state index contributed by atoms with van der Waals surface area (Å²) >= 11 is 0. The fraction of sp³-hybridized carbons (Fsp3) is 0.533. The molecule has 1 aromatic rings. The highest BCUT2D eigenvalue weighted by atomic mass is 16.6. The van der Waals surface area contributed by atoms with Crippen molar-refractivity contribution in [1.29, 1.82) is 0 Å². The smallest absolute Gasteiger partial charge is 0.310 e. The molecule has 2 unspecified atom stereocenters. The van der Waals surface area contributed by atoms with Crippen molar-refractivity contribution in [2.75, 3.05) is 13.1 Å². The van der Waals surface area contributed by atoms with E-state index in [-0.39, 0.29) is 11.7 Å². The van der Waals surface area contributed by atoms with Crippen LogP contribution in [0, 0.1) is 15.5 Å². The number of rotatable bonds is 5. The second kappa shape index (κ2) is 5.81. The third-order valence-electron chi connectivity index (χ3n) is 4.62. The molecule has 2 atom stereocenters. The van der Waals surface area contributed by atoms with Gasteiger partial charge in [-0.2, -0.15) is 0 Å². The van der Waals surface area contributed by atoms with Crippen molar-refractivity contribution in [3.63, 3.8) is 0 Å². The van der Waals surface area contributed by atoms with Crippen molar-refractivity contribution in [3.8, 4) is 0 Å². The predicted octanol–water partition coefficient (Wildman–Crippen LogP) is 2.84. The van der Waals surface area contributed by atoms with Crippen LogP contribution in [-0.4, -0.2) is 34.0 Å². The van der Waals surface area contributed by atoms with Gasteiger partial charge in [0.05, 0.1) is 10.3 Å². The zero-order valence-electron chi connectivity index (χ0n) is 12.3. The summed E-state index contributed by atoms with van der Waals surface area (Å²) in [5.74, 6) is -0.751. The molecule has 0 aliphatic carbocycles. The maximum absolute atomic E-state index is 11.5. The number of carboxylic acids is 1. The van der Waals surface area contributed by atoms with Crippen molar-refractivity contribution < 1.29 is 14.8 Å². The standard InChI is InChI=1S/C15H20N2O4/c1-3-15(14(18)19)7-8-16(10-15)11(2)12-5-4-6-13(9-12)17(20)21/h4-6,9,11H,3,7-8,10H2,1-2H3,(H,18,19). The van der Waals surface area contributed by atoms with Crippen LogP contribution in [0.25, 0.3) is 0 Å². The lowest BCUT2D eigenvalue weighted by molar-refractivity contribution is -0.384. The summed E-state index contributed by atoms with van der Waals surface area (Å²) in [4.78, 5) is 24.0. The molecule has 6 nitrogen and oxygen atoms in total. The zero-order valence-corrected chi connectivity index (χ0v) is 12.3. The number of hydrogen-bond acceptors (Lipinski definition) is 4. The first-order valence-electron chi connectivity index (χ1n) is 7.11. The summed E-state index contributed by atoms with van der Waals surface area (Å²) in [6.07, 6.45) is 1.22. The number of likely N-dealkylation sites (tertiary alicyclic amines) is 1. The van der Waals surface area contributed by atoms with E-state index in [1.54, 1.807) is 12.1 Å². The molecule has 1 fully saturated rings. The van der Waals surface area contributed by atoms with Gasteiger partial charge in [-0.05, 0) is 31.9 Å². The van der Waals surface area contributed by atoms with Crippen molar-refractivity contribution in [3.05, 3.63) is 39.9 Å². The van der Waals surface area contributed by atoms with E-state index in [4.69, 9.17) is 0 Å². The van der Waals surface area contributed by atoms with Gasteiger partial charge >= 0.3 is 5.97 Å². The Morgan fingerprint density at radius 2 is 2.29 bits per heavy atom. The quantitative estimate of drug-likeness (QED) is 0.666. The molecule has 1 aromatic carbocycles. The van der Waals surface area contributed by atoms with E-state index >= 15 is 0 Å². The number of carbonyl (C=O) groups is 1. The Morgan fingerprint density at radius 1 is 1.57 bits per heavy atom. The predicted molar refractivity (Wildman–Crippen MR) is 78.1 cm³/mol. The summed E-state index contributed by atoms with van der Waals surface area (Å²) < 4.78 is 0. The molecular weight excluding hydrogens is 272 g/mol. The Balaban J connectivity index is 2.18. The molecule has 0 saturated carbocycles. The summed E-state index contributed by atoms with van der Waals surface area (Å²) in [5.41, 5.74) is 0.231. The third-order valence-corrected chi connectivity index (χ3v) is 4.62. The molecule has 6 heteroatoms. The molecule has 1 N–H and O–H groups in total. The van der Waals surface area contributed by atoms with Crippen LogP contribution in [-0.2, 0) is 4.79 Å². The molecular formula is C15H20N2O4. The van der Waals surface area contributed by atoms with Crippen molar-refractivity contribution in [2.45, 2.75) is 32.7 Å². The Morgan fingerprint density at radius 3 is 2.81 bits per heavy atom. The van der Waals surface area contributed by atoms with Crippen molar-refractivity contribution in [1.82, 2.24) is 4.90 Å². The Labute approximate surface area is 123 Å². The highest BCUT2D eigenvalue weighted by molar-refractivity contribution is 5.75. The molecule has 0 aromatic heterocycles. The number of carboxylic acid groups (broad SMARTS) is 1. The molecule has 0 bridgehead atoms. The summed E-state index contributed by atoms with van der Waals surface area (Å²) in [6, 6.07) is 6.53. The third kappa shape index (κ3) is 2.90. The fourth-order valence-electron chi connectivity index (χ4n) is 2.96. The average Bonchev–Trinajstić information content (AvgIpc) is 2.92. The lowest BCUT2D eigenvalue weighted by Crippen LogP contribution is -2.35. The summed E-state index contributed by atoms with van der Waals surface area (Å²) in [7, 11) is 0. The second-order valence-electron chi connectivity index (χ2n) is 5.69. The van der Waals surface area contributed by atoms with Crippen LogP contribution in [0.5, 0.6) is 0 Å². The SMILES string of the molecule is CCC1(C(=O)O)CCN(C(C)c2cccc([N+](=O)[O-])c2)C1. The maximum atomic E-state index is 11.5. The van der Waals surface area contributed by atoms with E-state index in [0.29, 0.717) is 25.9 Å². The molecule has 1 heterocycles. The van der Waals surface area contributed by atoms with Gasteiger partial charge in [-0.15, -0.1) is 0 Å². The van der Waals surface area contributed by atoms with E-state index < -0.39 is 16.3 Å². The molecule has 2 rings (SSSR count). The lowest BCUT2D eigenvalue weighted by Gasteiger charge is -2.27. The molecule has 1 aliphatic heterocycles. The van der Waals surface area contributed by atoms with E-state index in [1.807, 2.05) is 19.9 Å². The van der Waals surface area contributed by atoms with Crippen LogP contribution in [0.3, 0.4) is 0 Å². The highest BCUT2D eigenvalue weighted by Gasteiger charge is 2.44. The largest absolute Gasteiger partial charge is 0.481 e. The van der Waals surface area contributed by atoms with Gasteiger partial charge < -0.3 is 5.11 Å². The van der Waals surface area contributed by atoms with Crippen molar-refractivity contribution in [2.24, 2.45) is 5.41 Å². The van der Waals surface area contributed by atoms with Crippen LogP contribution in [0.2, 0.25) is 0 Å². The van der Waals surface area contributed by atoms with Gasteiger partial charge in [0.1, 0.15) is 0 Å². The van der Waals surface area contributed by atoms with Gasteiger partial charge in [-0.25, -0.2) is 0 Å². The van der Waals surface area contributed by atoms with Crippen LogP contribution in [0.15, 0.2) is 24.3 Å². The normalized spacial score (nSPS) is 23.9. The van der Waals surface area contributed by atoms with Gasteiger partial charge in [0.25, 0.3) is 5.69 Å². The molecule has 21 heavy (non-hydrogen) atoms. The topological polar surface area (TPSA) is 83.7 Å². The lowest BCUT2D eigenvalue weighted by atomic mass is 9.84. The molecule has 0 radical (unpaired) electrons. The minimum Gasteiger partial charge on any atom is -0.481 e. The molecule has 0 spiro atoms. The maximum Gasteiger partial charge on any atom is 0.310 e. The van der Waals surface area contributed by atoms with Crippen LogP contribution < -0.4 is 0 Å². The van der Waals surface area contributed by atoms with E-state index in [2.05, 4.69) is 4.90 Å². The molecule has 0 amide bonds. The van der Waals surface area contributed by atoms with Gasteiger partial charge in [0, 0.05) is 24.7 Å². The molecule has 1 saturated heterocycles. The first kappa shape index (κ1) is 15.4. The van der Waals surface area contributed by atoms with Gasteiger partial charge in [-0.3, -0.25) is 19.8 Å². The van der Waals surface area contributed by atoms with Gasteiger partial charge in [-0.1, -0.05) is 19.1 Å². The van der Waals surface area contributed by atoms with Gasteiger partial charge in [0.2, 0.25) is 0 Å². The van der Waals surface area contributed by atoms with Crippen molar-refractivity contribution >= 4 is 11.7 Å². The van der Waals surface area contributed by atoms with Crippen LogP contribution in [0.4, 0.5) is 5.69 Å². The average molecular weight is 292 g/mol. The number of non-ortho nitro benzene ring substituents is 1. The molecule has 114 valence electrons. The number of aliphatic carboxylic acids is 1. The minimum absolute atomic E-state index is 0.0299. The minimum atomic E-state index is -0.751. The first-order chi connectivity index (χ1) is 9.89. The van der Waals surface area contributed by atoms with E-state index in [9.17, 15) is 20.0 Å². The summed E-state index contributed by atoms with van der Waals surface area (Å²) in [6.45, 7) is 5.05. The Kier molecular flexibility index (Phi) is 4.27. The Hall–Kier alpha value is -1.95. The van der Waals surface area contributed by atoms with Gasteiger partial charge in [0.15, 0.2) is 0 Å². The molecule has 1 aliphatic rings.